The molecule has 0 saturated heterocycles. The number of carbonyl (C=O) groups is 1. The smallest absolute Gasteiger partial charge is 0.472 e. The average molecular weight is 341 g/mol. The van der Waals surface area contributed by atoms with Crippen LogP contribution < -0.4 is 5.73 Å². The fraction of sp³-hybridized carbons (Fsp3) is 0.750. The van der Waals surface area contributed by atoms with Gasteiger partial charge in [0.05, 0.1) is 13.2 Å². The number of phosphoric ester groups is 1. The van der Waals surface area contributed by atoms with Crippen molar-refractivity contribution in [1.29, 1.82) is 0 Å². The van der Waals surface area contributed by atoms with E-state index in [4.69, 9.17) is 20.3 Å². The van der Waals surface area contributed by atoms with Gasteiger partial charge < -0.3 is 25.2 Å². The third-order valence-electron chi connectivity index (χ3n) is 2.26. The number of nitrogens with two attached hydrogens (primary N) is 1. The molecule has 0 aromatic rings. The van der Waals surface area contributed by atoms with Crippen molar-refractivity contribution in [3.05, 3.63) is 12.5 Å². The van der Waals surface area contributed by atoms with Crippen LogP contribution in [0.4, 0.5) is 0 Å². The van der Waals surface area contributed by atoms with Gasteiger partial charge in [0.2, 0.25) is 0 Å². The van der Waals surface area contributed by atoms with Crippen LogP contribution in [0.15, 0.2) is 12.5 Å². The molecule has 4 N–H and O–H groups in total. The number of ether oxygens (including phenoxy) is 2. The first-order chi connectivity index (χ1) is 10.3. The van der Waals surface area contributed by atoms with Gasteiger partial charge in [0.15, 0.2) is 6.10 Å². The van der Waals surface area contributed by atoms with Crippen LogP contribution in [0.1, 0.15) is 26.2 Å². The number of rotatable bonds is 13. The molecule has 9 nitrogen and oxygen atoms in total. The Labute approximate surface area is 129 Å². The van der Waals surface area contributed by atoms with Crippen LogP contribution in [-0.4, -0.2) is 48.4 Å². The fourth-order valence-electron chi connectivity index (χ4n) is 1.27. The molecule has 0 radical (unpaired) electrons. The Balaban J connectivity index is 4.31. The molecule has 0 saturated carbocycles. The predicted molar refractivity (Wildman–Crippen MR) is 77.9 cm³/mol. The molecule has 0 aliphatic heterocycles. The van der Waals surface area contributed by atoms with Crippen molar-refractivity contribution in [3.8, 4) is 0 Å². The molecule has 0 aliphatic rings. The molecule has 0 aromatic heterocycles. The van der Waals surface area contributed by atoms with E-state index >= 15 is 0 Å². The summed E-state index contributed by atoms with van der Waals surface area (Å²) in [7, 11) is -4.28. The number of carbonyl (C=O) groups excluding carboxylic acids is 1. The first-order valence-electron chi connectivity index (χ1n) is 6.82. The Morgan fingerprint density at radius 1 is 1.36 bits per heavy atom. The summed E-state index contributed by atoms with van der Waals surface area (Å²) in [6.07, 6.45) is 0.789. The van der Waals surface area contributed by atoms with E-state index < -0.39 is 32.4 Å². The maximum Gasteiger partial charge on any atom is 0.472 e. The lowest BCUT2D eigenvalue weighted by atomic mass is 10.2. The summed E-state index contributed by atoms with van der Waals surface area (Å²) in [5.74, 6) is -1.07. The number of hydrogen-bond acceptors (Lipinski definition) is 8. The number of aliphatic hydroxyl groups is 1. The van der Waals surface area contributed by atoms with Gasteiger partial charge in [-0.25, -0.2) is 4.57 Å². The van der Waals surface area contributed by atoms with Crippen molar-refractivity contribution in [2.45, 2.75) is 32.3 Å². The third kappa shape index (κ3) is 11.5. The van der Waals surface area contributed by atoms with Gasteiger partial charge in [0, 0.05) is 13.0 Å². The maximum atomic E-state index is 11.4. The van der Waals surface area contributed by atoms with E-state index in [1.807, 2.05) is 6.92 Å². The lowest BCUT2D eigenvalue weighted by Gasteiger charge is -2.19. The lowest BCUT2D eigenvalue weighted by Crippen LogP contribution is -2.27. The Morgan fingerprint density at radius 3 is 2.59 bits per heavy atom. The van der Waals surface area contributed by atoms with Gasteiger partial charge >= 0.3 is 13.8 Å². The van der Waals surface area contributed by atoms with Gasteiger partial charge in [-0.3, -0.25) is 13.8 Å². The first-order valence-corrected chi connectivity index (χ1v) is 8.32. The predicted octanol–water partition coefficient (Wildman–Crippen LogP) is 1.23. The van der Waals surface area contributed by atoms with E-state index in [2.05, 4.69) is 15.6 Å². The van der Waals surface area contributed by atoms with Crippen LogP contribution >= 0.6 is 7.82 Å². The van der Waals surface area contributed by atoms with Crippen molar-refractivity contribution in [2.75, 3.05) is 26.4 Å². The van der Waals surface area contributed by atoms with Crippen LogP contribution in [0.5, 0.6) is 0 Å². The quantitative estimate of drug-likeness (QED) is 0.256. The summed E-state index contributed by atoms with van der Waals surface area (Å²) in [6, 6.07) is 0. The molecule has 22 heavy (non-hydrogen) atoms. The zero-order valence-electron chi connectivity index (χ0n) is 12.6. The molecular formula is C12H24NO8P. The second kappa shape index (κ2) is 11.4. The largest absolute Gasteiger partial charge is 0.481 e. The molecule has 0 heterocycles. The van der Waals surface area contributed by atoms with Crippen LogP contribution in [-0.2, 0) is 27.9 Å². The van der Waals surface area contributed by atoms with Crippen molar-refractivity contribution in [1.82, 2.24) is 0 Å². The number of aliphatic hydroxyl groups excluding tert-OH is 1. The Kier molecular flexibility index (Phi) is 10.9. The summed E-state index contributed by atoms with van der Waals surface area (Å²) in [4.78, 5) is 20.7. The molecule has 0 aliphatic carbocycles. The zero-order chi connectivity index (χ0) is 17.0. The number of phosphoric acid groups is 1. The molecular weight excluding hydrogens is 317 g/mol. The molecule has 0 spiro atoms. The Morgan fingerprint density at radius 2 is 2.05 bits per heavy atom. The molecule has 0 amide bonds. The van der Waals surface area contributed by atoms with E-state index in [0.717, 1.165) is 6.42 Å². The summed E-state index contributed by atoms with van der Waals surface area (Å²) < 4.78 is 30.4. The highest BCUT2D eigenvalue weighted by molar-refractivity contribution is 7.47. The van der Waals surface area contributed by atoms with E-state index in [1.54, 1.807) is 0 Å². The van der Waals surface area contributed by atoms with Gasteiger partial charge in [-0.2, -0.15) is 0 Å². The number of esters is 1. The average Bonchev–Trinajstić information content (AvgIpc) is 2.45. The van der Waals surface area contributed by atoms with Gasteiger partial charge in [0.25, 0.3) is 5.95 Å². The topological polar surface area (TPSA) is 138 Å². The molecule has 0 rings (SSSR count). The zero-order valence-corrected chi connectivity index (χ0v) is 13.5. The van der Waals surface area contributed by atoms with Crippen molar-refractivity contribution < 1.29 is 37.9 Å². The molecule has 10 heteroatoms. The molecule has 0 bridgehead atoms. The Bertz CT molecular complexity index is 389. The van der Waals surface area contributed by atoms with Crippen LogP contribution in [0.3, 0.4) is 0 Å². The SMILES string of the molecule is C=C(O)O[C@@H](COC(=O)CCCC)COP(=O)(O)OCCN. The lowest BCUT2D eigenvalue weighted by molar-refractivity contribution is -0.149. The highest BCUT2D eigenvalue weighted by Gasteiger charge is 2.24. The summed E-state index contributed by atoms with van der Waals surface area (Å²) in [5.41, 5.74) is 5.14. The van der Waals surface area contributed by atoms with E-state index in [1.165, 1.54) is 0 Å². The minimum absolute atomic E-state index is 0.0519. The molecule has 130 valence electrons. The van der Waals surface area contributed by atoms with Crippen LogP contribution in [0, 0.1) is 0 Å². The van der Waals surface area contributed by atoms with Crippen molar-refractivity contribution >= 4 is 13.8 Å². The van der Waals surface area contributed by atoms with Gasteiger partial charge in [-0.1, -0.05) is 13.3 Å². The number of hydrogen-bond donors (Lipinski definition) is 3. The normalized spacial score (nSPS) is 14.9. The molecule has 1 unspecified atom stereocenters. The first kappa shape index (κ1) is 20.9. The highest BCUT2D eigenvalue weighted by atomic mass is 31.2. The highest BCUT2D eigenvalue weighted by Crippen LogP contribution is 2.43. The minimum Gasteiger partial charge on any atom is -0.481 e. The monoisotopic (exact) mass is 341 g/mol. The van der Waals surface area contributed by atoms with Gasteiger partial charge in [-0.05, 0) is 13.0 Å². The molecule has 0 aromatic carbocycles. The summed E-state index contributed by atoms with van der Waals surface area (Å²) in [5, 5.41) is 9.01. The van der Waals surface area contributed by atoms with E-state index in [0.29, 0.717) is 6.42 Å². The van der Waals surface area contributed by atoms with Crippen LogP contribution in [0.2, 0.25) is 0 Å². The number of unbranched alkanes of at least 4 members (excludes halogenated alkanes) is 1. The standard InChI is InChI=1S/C12H24NO8P/c1-3-4-5-12(15)18-8-11(21-10(2)14)9-20-22(16,17)19-7-6-13/h11,14H,2-9,13H2,1H3,(H,16,17)/t11-/m0/s1. The fourth-order valence-corrected chi connectivity index (χ4v) is 2.04. The van der Waals surface area contributed by atoms with Gasteiger partial charge in [0.1, 0.15) is 6.61 Å². The van der Waals surface area contributed by atoms with Crippen molar-refractivity contribution in [3.63, 3.8) is 0 Å². The van der Waals surface area contributed by atoms with E-state index in [9.17, 15) is 14.3 Å². The molecule has 0 fully saturated rings. The van der Waals surface area contributed by atoms with Crippen LogP contribution in [0.25, 0.3) is 0 Å². The third-order valence-corrected chi connectivity index (χ3v) is 3.25. The maximum absolute atomic E-state index is 11.4. The Hall–Kier alpha value is -1.12. The van der Waals surface area contributed by atoms with E-state index in [-0.39, 0.29) is 26.2 Å². The second-order valence-corrected chi connectivity index (χ2v) is 5.76. The molecule has 2 atom stereocenters. The second-order valence-electron chi connectivity index (χ2n) is 4.31. The summed E-state index contributed by atoms with van der Waals surface area (Å²) in [6.45, 7) is 4.24. The van der Waals surface area contributed by atoms with Gasteiger partial charge in [-0.15, -0.1) is 0 Å². The minimum atomic E-state index is -4.28. The van der Waals surface area contributed by atoms with Crippen molar-refractivity contribution in [2.24, 2.45) is 5.73 Å². The summed E-state index contributed by atoms with van der Waals surface area (Å²) >= 11 is 0.